The van der Waals surface area contributed by atoms with Gasteiger partial charge in [0, 0.05) is 26.8 Å². The summed E-state index contributed by atoms with van der Waals surface area (Å²) in [7, 11) is -35.7. The first-order chi connectivity index (χ1) is 51.4. The van der Waals surface area contributed by atoms with Gasteiger partial charge in [-0.25, -0.2) is 65.8 Å². The Kier molecular flexibility index (Phi) is 41.4. The summed E-state index contributed by atoms with van der Waals surface area (Å²) in [6.07, 6.45) is -5.19. The number of aromatic carboxylic acids is 1. The molecule has 9 aromatic carbocycles. The first-order valence-corrected chi connectivity index (χ1v) is 40.7. The van der Waals surface area contributed by atoms with Gasteiger partial charge in [0.2, 0.25) is 11.6 Å². The van der Waals surface area contributed by atoms with Crippen molar-refractivity contribution in [3.8, 4) is 5.75 Å². The van der Waals surface area contributed by atoms with Gasteiger partial charge in [0.15, 0.2) is 23.3 Å². The molecule has 0 fully saturated rings. The van der Waals surface area contributed by atoms with Gasteiger partial charge in [0.1, 0.15) is 52.9 Å². The van der Waals surface area contributed by atoms with Crippen LogP contribution in [-0.4, -0.2) is 108 Å². The molecule has 0 aromatic heterocycles. The van der Waals surface area contributed by atoms with Gasteiger partial charge in [0.25, 0.3) is 10.0 Å². The van der Waals surface area contributed by atoms with Crippen LogP contribution < -0.4 is 60.8 Å². The van der Waals surface area contributed by atoms with Crippen LogP contribution in [0.25, 0.3) is 10.8 Å². The smallest absolute Gasteiger partial charge is 0.430 e. The van der Waals surface area contributed by atoms with Crippen molar-refractivity contribution in [1.29, 1.82) is 0 Å². The average Bonchev–Trinajstić information content (AvgIpc) is 0.957. The first-order valence-electron chi connectivity index (χ1n) is 28.3. The van der Waals surface area contributed by atoms with E-state index in [-0.39, 0.29) is 53.3 Å². The number of halogens is 16. The minimum absolute atomic E-state index is 0. The fourth-order valence-corrected chi connectivity index (χ4v) is 11.9. The molecular weight excluding hydrogens is 1840 g/mol. The van der Waals surface area contributed by atoms with E-state index in [0.29, 0.717) is 27.2 Å². The normalized spacial score (nSPS) is 13.0. The van der Waals surface area contributed by atoms with Gasteiger partial charge >= 0.3 is 39.2 Å². The van der Waals surface area contributed by atoms with Crippen LogP contribution in [-0.2, 0) is 81.0 Å². The van der Waals surface area contributed by atoms with E-state index in [1.807, 2.05) is 6.92 Å². The predicted molar refractivity (Wildman–Crippen MR) is 347 cm³/mol. The molecule has 0 saturated heterocycles. The van der Waals surface area contributed by atoms with E-state index < -0.39 is 148 Å². The zero-order valence-electron chi connectivity index (χ0n) is 56.7. The summed E-state index contributed by atoms with van der Waals surface area (Å²) in [5.41, 5.74) is 2.47. The van der Waals surface area contributed by atoms with Crippen molar-refractivity contribution in [3.05, 3.63) is 257 Å². The van der Waals surface area contributed by atoms with Crippen LogP contribution in [0.2, 0.25) is 0 Å². The molecule has 53 heteroatoms. The number of Topliss-reactive ketones (excluding diaryl/α,β-unsaturated/α-hetero) is 1. The standard InChI is InChI=1S/C10H8O3S.C9H12O3S.C8H8O3.C8H6O3.C7H5NO3S.C6HF5O3S.C6H6O2S2.C6H6O2S.C2HF3O2.BrH.ClHO4.F6P/c11-14(12,13)10-7-3-5-8-4-1-2-6-9(8)10;1-6-4-7(2)9(8(3)5-6)13(10,11)12;1-11-7-4-2-6(3-5-7)8(9)10;9-7(8(10)11)6-4-2-1-3-5-6;9-7-5-3-1-2-4-6(5)12(10,11)8-7;7-1-2(8)4(10)6(15(12,13)14)5(11)3(1)9;7-10(8,9)6-4-2-1-3-5-6;7-9(8)6-4-2-1-3-5-6;3-2(4,5)1(6)7;;2-1(3,4)5;1-7(2,3,4,5)6/h1-7H,(H,11,12,13);4-5H,1-3H3,(H,10,11,12);2-5H,1H3,(H,9,10);1-5H,(H,10,11);1-4H,(H,8,9);(H,12,13,14);1-5H,(H,7,8,9);1-5H,(H,7,8);(H,6,7);1H;(H,2,3,4,5);/q;;;;;;;;;;;-1/p-11. The molecule has 10 rings (SSSR count). The molecule has 0 N–H and O–H groups in total. The van der Waals surface area contributed by atoms with Crippen molar-refractivity contribution < 1.29 is 215 Å². The number of rotatable bonds is 9. The van der Waals surface area contributed by atoms with E-state index in [1.54, 1.807) is 153 Å². The van der Waals surface area contributed by atoms with Crippen LogP contribution in [0.4, 0.5) is 60.3 Å². The number of methoxy groups -OCH3 is 1. The minimum Gasteiger partial charge on any atom is -1.00 e. The van der Waals surface area contributed by atoms with E-state index in [9.17, 15) is 155 Å². The molecule has 0 amide bonds. The van der Waals surface area contributed by atoms with Crippen molar-refractivity contribution >= 4 is 120 Å². The van der Waals surface area contributed by atoms with Gasteiger partial charge in [-0.05, 0) is 140 Å². The van der Waals surface area contributed by atoms with Crippen LogP contribution in [0, 0.1) is 60.1 Å². The summed E-state index contributed by atoms with van der Waals surface area (Å²) in [5, 5.41) is 41.2. The van der Waals surface area contributed by atoms with E-state index >= 15 is 0 Å². The molecule has 0 radical (unpaired) electrons. The number of carboxylic acids is 3. The fourth-order valence-electron chi connectivity index (χ4n) is 7.41. The summed E-state index contributed by atoms with van der Waals surface area (Å²) >= 11 is 2.14. The molecule has 29 nitrogen and oxygen atoms in total. The van der Waals surface area contributed by atoms with E-state index in [2.05, 4.69) is 15.6 Å². The van der Waals surface area contributed by atoms with E-state index in [0.717, 1.165) is 10.9 Å². The van der Waals surface area contributed by atoms with Gasteiger partial charge in [-0.2, -0.15) is 26.0 Å². The summed E-state index contributed by atoms with van der Waals surface area (Å²) in [6.45, 7) is 5.12. The number of benzene rings is 9. The van der Waals surface area contributed by atoms with E-state index in [1.165, 1.54) is 61.7 Å². The number of hydrogen-bond acceptors (Lipinski definition) is 29. The SMILES string of the molecule is COc1ccc(C(=O)[O-])cc1.Cc1cc(C)c(S(=O)(=O)[O-])c(C)c1.F[P-](F)(F)(F)(F)F.O=C([O-])C(=O)c1ccccc1.O=C([O-])C(F)(F)F.O=S(=O)([O-])c1c(F)c(F)c(F)c(F)c1F.O=S(=O)([O-])c1cccc2ccccc12.O=S([O-])(=S)c1ccccc1.O=S([O-])c1ccccc1.O=S1(=O)N=C([O-])c2ccccc21.[Br-].[O-][Cl+3]([O-])([O-])[O-]. The molecule has 2 unspecified atom stereocenters. The number of ketones is 1. The Labute approximate surface area is 660 Å². The third-order valence-corrected chi connectivity index (χ3v) is 17.9. The number of fused-ring (bicyclic) bond motifs is 2. The number of alkyl halides is 3. The molecule has 1 aliphatic rings. The fraction of sp³-hybridized carbons (Fsp3) is 0.0806. The Morgan fingerprint density at radius 3 is 1.24 bits per heavy atom. The summed E-state index contributed by atoms with van der Waals surface area (Å²) in [4.78, 5) is 37.7. The van der Waals surface area contributed by atoms with Crippen molar-refractivity contribution in [2.45, 2.75) is 56.3 Å². The Hall–Kier alpha value is -9.23. The van der Waals surface area contributed by atoms with Gasteiger partial charge in [0.05, 0.1) is 27.8 Å². The van der Waals surface area contributed by atoms with Crippen LogP contribution in [0.3, 0.4) is 0 Å². The molecule has 9 aromatic rings. The summed E-state index contributed by atoms with van der Waals surface area (Å²) in [6, 6.07) is 50.9. The monoisotopic (exact) mass is 1880 g/mol. The Morgan fingerprint density at radius 2 is 0.904 bits per heavy atom. The summed E-state index contributed by atoms with van der Waals surface area (Å²) < 4.78 is 354. The molecule has 1 aliphatic heterocycles. The van der Waals surface area contributed by atoms with Crippen molar-refractivity contribution in [2.75, 3.05) is 7.11 Å². The third-order valence-electron chi connectivity index (χ3n) is 11.6. The minimum atomic E-state index is -10.7. The maximum atomic E-state index is 12.6. The molecule has 0 bridgehead atoms. The van der Waals surface area contributed by atoms with E-state index in [4.69, 9.17) is 33.3 Å². The second kappa shape index (κ2) is 44.2. The molecule has 1 heterocycles. The van der Waals surface area contributed by atoms with Gasteiger partial charge < -0.3 is 79.3 Å². The molecule has 2 atom stereocenters. The zero-order valence-corrected chi connectivity index (χ0v) is 65.7. The van der Waals surface area contributed by atoms with Gasteiger partial charge in [-0.3, -0.25) is 13.2 Å². The molecule has 115 heavy (non-hydrogen) atoms. The Bertz CT molecular complexity index is 5440. The first kappa shape index (κ1) is 108. The Morgan fingerprint density at radius 1 is 0.539 bits per heavy atom. The molecule has 0 saturated carbocycles. The Balaban J connectivity index is 0. The van der Waals surface area contributed by atoms with Crippen LogP contribution in [0.5, 0.6) is 5.75 Å². The van der Waals surface area contributed by atoms with Crippen LogP contribution >= 0.6 is 7.81 Å². The number of aryl methyl sites for hydroxylation is 3. The average molecular weight is 1890 g/mol. The molecule has 636 valence electrons. The van der Waals surface area contributed by atoms with Crippen LogP contribution in [0.15, 0.2) is 228 Å². The molecule has 0 spiro atoms. The number of sulfonamides is 1. The van der Waals surface area contributed by atoms with Crippen molar-refractivity contribution in [1.82, 2.24) is 0 Å². The third kappa shape index (κ3) is 43.3. The van der Waals surface area contributed by atoms with Crippen molar-refractivity contribution in [3.63, 3.8) is 0 Å². The number of carboxylic acid groups (broad SMARTS) is 3. The predicted octanol–water partition coefficient (Wildman–Crippen LogP) is 0.496. The van der Waals surface area contributed by atoms with Gasteiger partial charge in [-0.15, -0.1) is 10.2 Å². The van der Waals surface area contributed by atoms with Crippen molar-refractivity contribution in [2.24, 2.45) is 4.40 Å². The second-order valence-corrected chi connectivity index (χ2v) is 32.1. The number of hydrogen-bond donors (Lipinski definition) is 0. The number of carbonyl (C=O) groups excluding carboxylic acids is 4. The maximum Gasteiger partial charge on any atom is 0.430 e. The second-order valence-electron chi connectivity index (χ2n) is 20.3. The van der Waals surface area contributed by atoms with Gasteiger partial charge in [-0.1, -0.05) is 139 Å². The number of aliphatic carboxylic acids is 2. The maximum absolute atomic E-state index is 12.6. The summed E-state index contributed by atoms with van der Waals surface area (Å²) in [5.74, 6) is -19.7. The number of carbonyl (C=O) groups is 4. The largest absolute Gasteiger partial charge is 1.00 e. The zero-order chi connectivity index (χ0) is 89.0. The quantitative estimate of drug-likeness (QED) is 0.0277. The number of nitrogens with zero attached hydrogens (tertiary/aromatic N) is 1. The molecule has 0 aliphatic carbocycles. The topological polar surface area (TPSA) is 560 Å². The molecular formula is C62H44BrClF14NO28PS7-12. The van der Waals surface area contributed by atoms with Crippen LogP contribution in [0.1, 0.15) is 43.0 Å². The number of ether oxygens (including phenoxy) is 1.